The molecule has 0 aliphatic heterocycles. The number of alkyl carbamates (subject to hydrolysis) is 1. The van der Waals surface area contributed by atoms with E-state index in [-0.39, 0.29) is 12.0 Å². The van der Waals surface area contributed by atoms with Crippen molar-refractivity contribution in [3.8, 4) is 0 Å². The standard InChI is InChI=1S/C14H28N2O4/c1-7-10(12(17)18)16-11(9(2)3)8-15-13(19)20-14(4,5)6/h9-11,16H,7-8H2,1-6H3,(H,15,19)(H,17,18). The van der Waals surface area contributed by atoms with Crippen molar-refractivity contribution in [3.05, 3.63) is 0 Å². The van der Waals surface area contributed by atoms with Gasteiger partial charge in [0.25, 0.3) is 0 Å². The van der Waals surface area contributed by atoms with Gasteiger partial charge in [-0.05, 0) is 33.1 Å². The molecule has 2 unspecified atom stereocenters. The molecule has 0 bridgehead atoms. The number of carbonyl (C=O) groups excluding carboxylic acids is 1. The zero-order valence-corrected chi connectivity index (χ0v) is 13.3. The van der Waals surface area contributed by atoms with E-state index in [0.717, 1.165) is 0 Å². The van der Waals surface area contributed by atoms with Crippen LogP contribution in [0.2, 0.25) is 0 Å². The highest BCUT2D eigenvalue weighted by atomic mass is 16.6. The summed E-state index contributed by atoms with van der Waals surface area (Å²) in [4.78, 5) is 22.6. The van der Waals surface area contributed by atoms with Crippen LogP contribution in [0.4, 0.5) is 4.79 Å². The van der Waals surface area contributed by atoms with E-state index in [0.29, 0.717) is 13.0 Å². The quantitative estimate of drug-likeness (QED) is 0.667. The first kappa shape index (κ1) is 18.7. The van der Waals surface area contributed by atoms with Gasteiger partial charge in [-0.3, -0.25) is 10.1 Å². The summed E-state index contributed by atoms with van der Waals surface area (Å²) >= 11 is 0. The highest BCUT2D eigenvalue weighted by Gasteiger charge is 2.23. The van der Waals surface area contributed by atoms with Gasteiger partial charge in [0.1, 0.15) is 11.6 Å². The smallest absolute Gasteiger partial charge is 0.407 e. The number of amides is 1. The Labute approximate surface area is 121 Å². The van der Waals surface area contributed by atoms with Crippen LogP contribution in [0, 0.1) is 5.92 Å². The third kappa shape index (κ3) is 7.99. The first-order valence-electron chi connectivity index (χ1n) is 7.02. The van der Waals surface area contributed by atoms with Gasteiger partial charge in [0.05, 0.1) is 0 Å². The van der Waals surface area contributed by atoms with Crippen LogP contribution in [0.15, 0.2) is 0 Å². The number of carbonyl (C=O) groups is 2. The summed E-state index contributed by atoms with van der Waals surface area (Å²) in [6, 6.07) is -0.730. The highest BCUT2D eigenvalue weighted by molar-refractivity contribution is 5.73. The second kappa shape index (κ2) is 8.09. The third-order valence-corrected chi connectivity index (χ3v) is 2.79. The number of hydrogen-bond acceptors (Lipinski definition) is 4. The van der Waals surface area contributed by atoms with E-state index in [4.69, 9.17) is 9.84 Å². The molecular formula is C14H28N2O4. The predicted molar refractivity (Wildman–Crippen MR) is 77.7 cm³/mol. The summed E-state index contributed by atoms with van der Waals surface area (Å²) in [6.07, 6.45) is -0.00123. The van der Waals surface area contributed by atoms with Crippen molar-refractivity contribution < 1.29 is 19.4 Å². The summed E-state index contributed by atoms with van der Waals surface area (Å²) in [5, 5.41) is 14.8. The van der Waals surface area contributed by atoms with E-state index >= 15 is 0 Å². The molecule has 0 spiro atoms. The highest BCUT2D eigenvalue weighted by Crippen LogP contribution is 2.08. The molecule has 0 heterocycles. The fourth-order valence-electron chi connectivity index (χ4n) is 1.62. The third-order valence-electron chi connectivity index (χ3n) is 2.79. The summed E-state index contributed by atoms with van der Waals surface area (Å²) in [6.45, 7) is 11.5. The summed E-state index contributed by atoms with van der Waals surface area (Å²) < 4.78 is 5.15. The topological polar surface area (TPSA) is 87.7 Å². The molecule has 1 amide bonds. The van der Waals surface area contributed by atoms with E-state index in [9.17, 15) is 9.59 Å². The minimum absolute atomic E-state index is 0.122. The van der Waals surface area contributed by atoms with E-state index in [1.165, 1.54) is 0 Å². The zero-order chi connectivity index (χ0) is 15.9. The first-order valence-corrected chi connectivity index (χ1v) is 7.02. The Bertz CT molecular complexity index is 324. The van der Waals surface area contributed by atoms with Crippen molar-refractivity contribution >= 4 is 12.1 Å². The molecule has 20 heavy (non-hydrogen) atoms. The van der Waals surface area contributed by atoms with E-state index in [1.807, 2.05) is 20.8 Å². The molecule has 0 aliphatic carbocycles. The number of rotatable bonds is 7. The Balaban J connectivity index is 4.42. The lowest BCUT2D eigenvalue weighted by Crippen LogP contribution is -2.51. The summed E-state index contributed by atoms with van der Waals surface area (Å²) in [5.41, 5.74) is -0.544. The van der Waals surface area contributed by atoms with Crippen molar-refractivity contribution in [1.82, 2.24) is 10.6 Å². The molecule has 0 saturated carbocycles. The molecule has 0 aromatic carbocycles. The van der Waals surface area contributed by atoms with Crippen molar-refractivity contribution in [2.24, 2.45) is 5.92 Å². The molecule has 0 aromatic rings. The van der Waals surface area contributed by atoms with Gasteiger partial charge in [0.2, 0.25) is 0 Å². The minimum atomic E-state index is -0.879. The number of hydrogen-bond donors (Lipinski definition) is 3. The molecule has 0 saturated heterocycles. The maximum absolute atomic E-state index is 11.6. The Morgan fingerprint density at radius 1 is 1.25 bits per heavy atom. The van der Waals surface area contributed by atoms with Crippen LogP contribution >= 0.6 is 0 Å². The van der Waals surface area contributed by atoms with E-state index in [1.54, 1.807) is 20.8 Å². The lowest BCUT2D eigenvalue weighted by molar-refractivity contribution is -0.139. The average Bonchev–Trinajstić information content (AvgIpc) is 2.25. The molecule has 118 valence electrons. The number of aliphatic carboxylic acids is 1. The van der Waals surface area contributed by atoms with Crippen LogP contribution in [0.3, 0.4) is 0 Å². The number of nitrogens with one attached hydrogen (secondary N) is 2. The molecule has 0 aliphatic rings. The Kier molecular flexibility index (Phi) is 7.57. The van der Waals surface area contributed by atoms with E-state index < -0.39 is 23.7 Å². The molecule has 2 atom stereocenters. The maximum Gasteiger partial charge on any atom is 0.407 e. The predicted octanol–water partition coefficient (Wildman–Crippen LogP) is 1.99. The average molecular weight is 288 g/mol. The number of ether oxygens (including phenoxy) is 1. The van der Waals surface area contributed by atoms with Crippen LogP contribution in [0.25, 0.3) is 0 Å². The Morgan fingerprint density at radius 3 is 2.15 bits per heavy atom. The molecule has 0 fully saturated rings. The van der Waals surface area contributed by atoms with Gasteiger partial charge in [0.15, 0.2) is 0 Å². The molecule has 0 rings (SSSR count). The number of carboxylic acid groups (broad SMARTS) is 1. The first-order chi connectivity index (χ1) is 9.06. The van der Waals surface area contributed by atoms with Crippen molar-refractivity contribution in [1.29, 1.82) is 0 Å². The normalized spacial score (nSPS) is 14.8. The monoisotopic (exact) mass is 288 g/mol. The van der Waals surface area contributed by atoms with Gasteiger partial charge >= 0.3 is 12.1 Å². The van der Waals surface area contributed by atoms with Gasteiger partial charge in [-0.15, -0.1) is 0 Å². The molecule has 3 N–H and O–H groups in total. The molecule has 0 aromatic heterocycles. The molecular weight excluding hydrogens is 260 g/mol. The van der Waals surface area contributed by atoms with Gasteiger partial charge in [-0.2, -0.15) is 0 Å². The van der Waals surface area contributed by atoms with Crippen LogP contribution < -0.4 is 10.6 Å². The Morgan fingerprint density at radius 2 is 1.80 bits per heavy atom. The fraction of sp³-hybridized carbons (Fsp3) is 0.857. The Hall–Kier alpha value is -1.30. The lowest BCUT2D eigenvalue weighted by atomic mass is 10.0. The van der Waals surface area contributed by atoms with Gasteiger partial charge in [-0.25, -0.2) is 4.79 Å². The van der Waals surface area contributed by atoms with E-state index in [2.05, 4.69) is 10.6 Å². The van der Waals surface area contributed by atoms with Crippen LogP contribution in [0.1, 0.15) is 48.0 Å². The second-order valence-electron chi connectivity index (χ2n) is 6.20. The van der Waals surface area contributed by atoms with Crippen LogP contribution in [-0.4, -0.2) is 41.4 Å². The van der Waals surface area contributed by atoms with Gasteiger partial charge < -0.3 is 15.2 Å². The molecule has 0 radical (unpaired) electrons. The largest absolute Gasteiger partial charge is 0.480 e. The lowest BCUT2D eigenvalue weighted by Gasteiger charge is -2.27. The SMILES string of the molecule is CCC(NC(CNC(=O)OC(C)(C)C)C(C)C)C(=O)O. The molecule has 6 nitrogen and oxygen atoms in total. The minimum Gasteiger partial charge on any atom is -0.480 e. The van der Waals surface area contributed by atoms with Crippen LogP contribution in [0.5, 0.6) is 0 Å². The fourth-order valence-corrected chi connectivity index (χ4v) is 1.62. The zero-order valence-electron chi connectivity index (χ0n) is 13.3. The van der Waals surface area contributed by atoms with Gasteiger partial charge in [0, 0.05) is 12.6 Å². The maximum atomic E-state index is 11.6. The van der Waals surface area contributed by atoms with Gasteiger partial charge in [-0.1, -0.05) is 20.8 Å². The summed E-state index contributed by atoms with van der Waals surface area (Å²) in [7, 11) is 0. The van der Waals surface area contributed by atoms with Crippen molar-refractivity contribution in [3.63, 3.8) is 0 Å². The molecule has 6 heteroatoms. The van der Waals surface area contributed by atoms with Crippen LogP contribution in [-0.2, 0) is 9.53 Å². The summed E-state index contributed by atoms with van der Waals surface area (Å²) in [5.74, 6) is -0.686. The van der Waals surface area contributed by atoms with Crippen molar-refractivity contribution in [2.75, 3.05) is 6.54 Å². The number of carboxylic acids is 1. The second-order valence-corrected chi connectivity index (χ2v) is 6.20. The van der Waals surface area contributed by atoms with Crippen molar-refractivity contribution in [2.45, 2.75) is 65.6 Å².